The number of ether oxygens (including phenoxy) is 2. The highest BCUT2D eigenvalue weighted by atomic mass is 16.6. The number of carbonyl (C=O) groups excluding carboxylic acids is 1. The van der Waals surface area contributed by atoms with E-state index < -0.39 is 0 Å². The standard InChI is InChI=1S/C18H23NO3/c1-2-19(18(20)15-6-4-3-5-7-15)13-14-8-9-16-17(12-14)22-11-10-21-16/h3-4,8-9,12,15H,2,5-7,10-11,13H2,1H3. The van der Waals surface area contributed by atoms with Crippen molar-refractivity contribution in [1.29, 1.82) is 0 Å². The Bertz CT molecular complexity index is 567. The molecule has 0 radical (unpaired) electrons. The van der Waals surface area contributed by atoms with E-state index >= 15 is 0 Å². The number of hydrogen-bond donors (Lipinski definition) is 0. The lowest BCUT2D eigenvalue weighted by molar-refractivity contribution is -0.136. The largest absolute Gasteiger partial charge is 0.486 e. The number of benzene rings is 1. The average Bonchev–Trinajstić information content (AvgIpc) is 2.59. The van der Waals surface area contributed by atoms with Crippen LogP contribution >= 0.6 is 0 Å². The lowest BCUT2D eigenvalue weighted by Crippen LogP contribution is -2.36. The smallest absolute Gasteiger partial charge is 0.226 e. The van der Waals surface area contributed by atoms with E-state index in [0.717, 1.165) is 42.9 Å². The maximum Gasteiger partial charge on any atom is 0.226 e. The molecule has 1 aliphatic carbocycles. The molecule has 0 aromatic heterocycles. The van der Waals surface area contributed by atoms with Crippen molar-refractivity contribution in [2.75, 3.05) is 19.8 Å². The van der Waals surface area contributed by atoms with Gasteiger partial charge in [0.2, 0.25) is 5.91 Å². The van der Waals surface area contributed by atoms with Gasteiger partial charge in [-0.2, -0.15) is 0 Å². The highest BCUT2D eigenvalue weighted by Crippen LogP contribution is 2.31. The number of amides is 1. The van der Waals surface area contributed by atoms with Crippen LogP contribution < -0.4 is 9.47 Å². The molecule has 0 bridgehead atoms. The molecule has 1 aromatic carbocycles. The van der Waals surface area contributed by atoms with Crippen LogP contribution in [0, 0.1) is 5.92 Å². The third kappa shape index (κ3) is 3.26. The van der Waals surface area contributed by atoms with E-state index in [1.165, 1.54) is 0 Å². The zero-order valence-electron chi connectivity index (χ0n) is 13.1. The maximum atomic E-state index is 12.7. The number of rotatable bonds is 4. The van der Waals surface area contributed by atoms with E-state index in [9.17, 15) is 4.79 Å². The summed E-state index contributed by atoms with van der Waals surface area (Å²) in [7, 11) is 0. The first-order valence-corrected chi connectivity index (χ1v) is 8.10. The molecule has 0 fully saturated rings. The van der Waals surface area contributed by atoms with Crippen molar-refractivity contribution in [3.05, 3.63) is 35.9 Å². The lowest BCUT2D eigenvalue weighted by Gasteiger charge is -2.27. The molecular formula is C18H23NO3. The molecule has 1 aromatic rings. The van der Waals surface area contributed by atoms with Gasteiger partial charge in [0.1, 0.15) is 13.2 Å². The van der Waals surface area contributed by atoms with Crippen LogP contribution in [0.5, 0.6) is 11.5 Å². The van der Waals surface area contributed by atoms with Crippen molar-refractivity contribution in [3.63, 3.8) is 0 Å². The van der Waals surface area contributed by atoms with Crippen molar-refractivity contribution in [3.8, 4) is 11.5 Å². The summed E-state index contributed by atoms with van der Waals surface area (Å²) >= 11 is 0. The second kappa shape index (κ2) is 6.86. The Hall–Kier alpha value is -1.97. The van der Waals surface area contributed by atoms with Crippen molar-refractivity contribution < 1.29 is 14.3 Å². The zero-order chi connectivity index (χ0) is 15.4. The normalized spacial score (nSPS) is 19.8. The fourth-order valence-electron chi connectivity index (χ4n) is 3.03. The molecule has 1 unspecified atom stereocenters. The molecule has 0 N–H and O–H groups in total. The summed E-state index contributed by atoms with van der Waals surface area (Å²) in [6.07, 6.45) is 7.15. The molecule has 118 valence electrons. The van der Waals surface area contributed by atoms with Crippen LogP contribution in [0.3, 0.4) is 0 Å². The third-order valence-electron chi connectivity index (χ3n) is 4.29. The Morgan fingerprint density at radius 3 is 2.77 bits per heavy atom. The summed E-state index contributed by atoms with van der Waals surface area (Å²) in [5, 5.41) is 0. The quantitative estimate of drug-likeness (QED) is 0.802. The summed E-state index contributed by atoms with van der Waals surface area (Å²) in [5.74, 6) is 1.98. The van der Waals surface area contributed by atoms with Crippen LogP contribution in [0.15, 0.2) is 30.4 Å². The van der Waals surface area contributed by atoms with Gasteiger partial charge in [0, 0.05) is 19.0 Å². The van der Waals surface area contributed by atoms with E-state index in [2.05, 4.69) is 12.2 Å². The Kier molecular flexibility index (Phi) is 4.66. The van der Waals surface area contributed by atoms with Gasteiger partial charge < -0.3 is 14.4 Å². The highest BCUT2D eigenvalue weighted by molar-refractivity contribution is 5.79. The summed E-state index contributed by atoms with van der Waals surface area (Å²) < 4.78 is 11.2. The summed E-state index contributed by atoms with van der Waals surface area (Å²) in [6, 6.07) is 5.95. The minimum atomic E-state index is 0.141. The Morgan fingerprint density at radius 1 is 1.23 bits per heavy atom. The lowest BCUT2D eigenvalue weighted by atomic mass is 9.93. The maximum absolute atomic E-state index is 12.7. The first-order chi connectivity index (χ1) is 10.8. The molecule has 4 heteroatoms. The van der Waals surface area contributed by atoms with Crippen molar-refractivity contribution in [2.45, 2.75) is 32.7 Å². The van der Waals surface area contributed by atoms with Gasteiger partial charge >= 0.3 is 0 Å². The fraction of sp³-hybridized carbons (Fsp3) is 0.500. The molecule has 1 aliphatic heterocycles. The third-order valence-corrected chi connectivity index (χ3v) is 4.29. The minimum absolute atomic E-state index is 0.141. The van der Waals surface area contributed by atoms with Crippen molar-refractivity contribution in [2.24, 2.45) is 5.92 Å². The first kappa shape index (κ1) is 14.9. The number of nitrogens with zero attached hydrogens (tertiary/aromatic N) is 1. The van der Waals surface area contributed by atoms with Crippen molar-refractivity contribution in [1.82, 2.24) is 4.90 Å². The Labute approximate surface area is 131 Å². The van der Waals surface area contributed by atoms with Gasteiger partial charge in [0.15, 0.2) is 11.5 Å². The average molecular weight is 301 g/mol. The van der Waals surface area contributed by atoms with Crippen LogP contribution in [0.4, 0.5) is 0 Å². The van der Waals surface area contributed by atoms with Gasteiger partial charge in [-0.15, -0.1) is 0 Å². The van der Waals surface area contributed by atoms with Crippen LogP contribution in [0.2, 0.25) is 0 Å². The SMILES string of the molecule is CCN(Cc1ccc2c(c1)OCCO2)C(=O)C1CC=CCC1. The van der Waals surface area contributed by atoms with Crippen molar-refractivity contribution >= 4 is 5.91 Å². The highest BCUT2D eigenvalue weighted by Gasteiger charge is 2.24. The van der Waals surface area contributed by atoms with E-state index in [4.69, 9.17) is 9.47 Å². The second-order valence-corrected chi connectivity index (χ2v) is 5.81. The van der Waals surface area contributed by atoms with Crippen LogP contribution in [-0.4, -0.2) is 30.6 Å². The molecular weight excluding hydrogens is 278 g/mol. The molecule has 1 amide bonds. The Balaban J connectivity index is 1.69. The van der Waals surface area contributed by atoms with Crippen LogP contribution in [-0.2, 0) is 11.3 Å². The monoisotopic (exact) mass is 301 g/mol. The van der Waals surface area contributed by atoms with E-state index in [-0.39, 0.29) is 11.8 Å². The summed E-state index contributed by atoms with van der Waals surface area (Å²) in [4.78, 5) is 14.6. The molecule has 1 heterocycles. The second-order valence-electron chi connectivity index (χ2n) is 5.81. The molecule has 0 spiro atoms. The predicted octanol–water partition coefficient (Wildman–Crippen LogP) is 3.16. The van der Waals surface area contributed by atoms with Gasteiger partial charge in [-0.3, -0.25) is 4.79 Å². The summed E-state index contributed by atoms with van der Waals surface area (Å²) in [5.41, 5.74) is 1.09. The number of fused-ring (bicyclic) bond motifs is 1. The van der Waals surface area contributed by atoms with Gasteiger partial charge in [-0.05, 0) is 43.9 Å². The predicted molar refractivity (Wildman–Crippen MR) is 85.0 cm³/mol. The van der Waals surface area contributed by atoms with E-state index in [1.54, 1.807) is 0 Å². The molecule has 3 rings (SSSR count). The van der Waals surface area contributed by atoms with Gasteiger partial charge in [-0.1, -0.05) is 18.2 Å². The minimum Gasteiger partial charge on any atom is -0.486 e. The number of hydrogen-bond acceptors (Lipinski definition) is 3. The first-order valence-electron chi connectivity index (χ1n) is 8.10. The molecule has 1 atom stereocenters. The van der Waals surface area contributed by atoms with Gasteiger partial charge in [-0.25, -0.2) is 0 Å². The molecule has 2 aliphatic rings. The number of carbonyl (C=O) groups is 1. The summed E-state index contributed by atoms with van der Waals surface area (Å²) in [6.45, 7) is 4.58. The van der Waals surface area contributed by atoms with Crippen LogP contribution in [0.25, 0.3) is 0 Å². The zero-order valence-corrected chi connectivity index (χ0v) is 13.1. The Morgan fingerprint density at radius 2 is 2.05 bits per heavy atom. The van der Waals surface area contributed by atoms with Gasteiger partial charge in [0.25, 0.3) is 0 Å². The molecule has 0 saturated heterocycles. The fourth-order valence-corrected chi connectivity index (χ4v) is 3.03. The molecule has 22 heavy (non-hydrogen) atoms. The molecule has 0 saturated carbocycles. The number of allylic oxidation sites excluding steroid dienone is 2. The molecule has 4 nitrogen and oxygen atoms in total. The van der Waals surface area contributed by atoms with Gasteiger partial charge in [0.05, 0.1) is 0 Å². The van der Waals surface area contributed by atoms with E-state index in [0.29, 0.717) is 19.8 Å². The van der Waals surface area contributed by atoms with E-state index in [1.807, 2.05) is 30.0 Å². The topological polar surface area (TPSA) is 38.8 Å². The van der Waals surface area contributed by atoms with Crippen LogP contribution in [0.1, 0.15) is 31.7 Å².